The zero-order valence-corrected chi connectivity index (χ0v) is 16.6. The van der Waals surface area contributed by atoms with Gasteiger partial charge in [-0.25, -0.2) is 0 Å². The SMILES string of the molecule is CC1=C(c2nc(C)no2)N2C(=O)[C@@H](NC(=O)COc3ccc(C)cc3)[C@H]2SC1. The van der Waals surface area contributed by atoms with Gasteiger partial charge in [0.05, 0.1) is 0 Å². The molecule has 1 aromatic carbocycles. The maximum absolute atomic E-state index is 12.7. The van der Waals surface area contributed by atoms with E-state index >= 15 is 0 Å². The van der Waals surface area contributed by atoms with Gasteiger partial charge in [0, 0.05) is 5.75 Å². The second-order valence-electron chi connectivity index (χ2n) is 6.83. The Labute approximate surface area is 166 Å². The molecule has 0 aliphatic carbocycles. The van der Waals surface area contributed by atoms with Crippen molar-refractivity contribution in [1.82, 2.24) is 20.4 Å². The maximum Gasteiger partial charge on any atom is 0.274 e. The molecule has 4 rings (SSSR count). The first kappa shape index (κ1) is 18.5. The topological polar surface area (TPSA) is 97.6 Å². The number of nitrogens with one attached hydrogen (secondary N) is 1. The molecular weight excluding hydrogens is 380 g/mol. The van der Waals surface area contributed by atoms with Gasteiger partial charge < -0.3 is 14.6 Å². The molecule has 0 saturated carbocycles. The molecule has 0 radical (unpaired) electrons. The number of benzene rings is 1. The average Bonchev–Trinajstić information content (AvgIpc) is 3.11. The molecule has 0 unspecified atom stereocenters. The lowest BCUT2D eigenvalue weighted by molar-refractivity contribution is -0.144. The van der Waals surface area contributed by atoms with Crippen LogP contribution in [0.5, 0.6) is 5.75 Å². The van der Waals surface area contributed by atoms with E-state index in [-0.39, 0.29) is 23.8 Å². The van der Waals surface area contributed by atoms with E-state index in [0.717, 1.165) is 16.9 Å². The normalized spacial score (nSPS) is 21.2. The third kappa shape index (κ3) is 3.37. The monoisotopic (exact) mass is 400 g/mol. The van der Waals surface area contributed by atoms with Crippen LogP contribution in [0.25, 0.3) is 5.70 Å². The van der Waals surface area contributed by atoms with E-state index in [1.54, 1.807) is 23.6 Å². The van der Waals surface area contributed by atoms with Gasteiger partial charge in [-0.2, -0.15) is 4.98 Å². The van der Waals surface area contributed by atoms with Crippen molar-refractivity contribution in [2.24, 2.45) is 0 Å². The van der Waals surface area contributed by atoms with Crippen LogP contribution in [0.15, 0.2) is 34.4 Å². The van der Waals surface area contributed by atoms with Gasteiger partial charge in [0.2, 0.25) is 0 Å². The van der Waals surface area contributed by atoms with Crippen LogP contribution in [-0.2, 0) is 9.59 Å². The largest absolute Gasteiger partial charge is 0.484 e. The molecule has 9 heteroatoms. The number of hydrogen-bond donors (Lipinski definition) is 1. The van der Waals surface area contributed by atoms with Crippen molar-refractivity contribution in [3.05, 3.63) is 47.1 Å². The highest BCUT2D eigenvalue weighted by molar-refractivity contribution is 8.00. The number of fused-ring (bicyclic) bond motifs is 1. The van der Waals surface area contributed by atoms with Crippen LogP contribution in [0, 0.1) is 13.8 Å². The van der Waals surface area contributed by atoms with Gasteiger partial charge in [0.25, 0.3) is 17.7 Å². The first-order valence-corrected chi connectivity index (χ1v) is 9.93. The first-order chi connectivity index (χ1) is 13.4. The van der Waals surface area contributed by atoms with Gasteiger partial charge in [0.15, 0.2) is 12.4 Å². The van der Waals surface area contributed by atoms with E-state index in [1.807, 2.05) is 38.1 Å². The van der Waals surface area contributed by atoms with Crippen molar-refractivity contribution in [2.45, 2.75) is 32.2 Å². The summed E-state index contributed by atoms with van der Waals surface area (Å²) in [5.41, 5.74) is 2.75. The number of aryl methyl sites for hydroxylation is 2. The molecule has 28 heavy (non-hydrogen) atoms. The number of amides is 2. The van der Waals surface area contributed by atoms with Gasteiger partial charge >= 0.3 is 0 Å². The lowest BCUT2D eigenvalue weighted by Crippen LogP contribution is -2.69. The molecule has 3 heterocycles. The Bertz CT molecular complexity index is 953. The Morgan fingerprint density at radius 2 is 2.07 bits per heavy atom. The highest BCUT2D eigenvalue weighted by Crippen LogP contribution is 2.43. The van der Waals surface area contributed by atoms with Gasteiger partial charge in [-0.05, 0) is 38.5 Å². The van der Waals surface area contributed by atoms with Gasteiger partial charge in [-0.15, -0.1) is 11.8 Å². The van der Waals surface area contributed by atoms with Crippen LogP contribution >= 0.6 is 11.8 Å². The number of ether oxygens (including phenoxy) is 1. The minimum atomic E-state index is -0.591. The molecule has 8 nitrogen and oxygen atoms in total. The van der Waals surface area contributed by atoms with E-state index in [2.05, 4.69) is 15.5 Å². The van der Waals surface area contributed by atoms with Gasteiger partial charge in [0.1, 0.15) is 22.9 Å². The minimum absolute atomic E-state index is 0.144. The molecule has 1 fully saturated rings. The van der Waals surface area contributed by atoms with Crippen LogP contribution in [-0.4, -0.2) is 50.6 Å². The van der Waals surface area contributed by atoms with Crippen molar-refractivity contribution in [3.8, 4) is 5.75 Å². The third-order valence-electron chi connectivity index (χ3n) is 4.60. The Morgan fingerprint density at radius 3 is 2.75 bits per heavy atom. The van der Waals surface area contributed by atoms with Crippen LogP contribution in [0.2, 0.25) is 0 Å². The van der Waals surface area contributed by atoms with Crippen molar-refractivity contribution >= 4 is 29.3 Å². The third-order valence-corrected chi connectivity index (χ3v) is 6.02. The highest BCUT2D eigenvalue weighted by atomic mass is 32.2. The molecular formula is C19H20N4O4S. The summed E-state index contributed by atoms with van der Waals surface area (Å²) in [6.07, 6.45) is 0. The summed E-state index contributed by atoms with van der Waals surface area (Å²) >= 11 is 1.60. The zero-order valence-electron chi connectivity index (χ0n) is 15.8. The van der Waals surface area contributed by atoms with Gasteiger partial charge in [-0.3, -0.25) is 14.5 Å². The predicted octanol–water partition coefficient (Wildman–Crippen LogP) is 1.90. The Hall–Kier alpha value is -2.81. The number of hydrogen-bond acceptors (Lipinski definition) is 7. The average molecular weight is 400 g/mol. The Morgan fingerprint density at radius 1 is 1.32 bits per heavy atom. The van der Waals surface area contributed by atoms with Gasteiger partial charge in [-0.1, -0.05) is 22.9 Å². The van der Waals surface area contributed by atoms with E-state index in [4.69, 9.17) is 9.26 Å². The quantitative estimate of drug-likeness (QED) is 0.766. The van der Waals surface area contributed by atoms with Crippen molar-refractivity contribution in [3.63, 3.8) is 0 Å². The van der Waals surface area contributed by atoms with Crippen molar-refractivity contribution in [1.29, 1.82) is 0 Å². The highest BCUT2D eigenvalue weighted by Gasteiger charge is 2.53. The number of aromatic nitrogens is 2. The molecule has 1 saturated heterocycles. The molecule has 2 aliphatic rings. The molecule has 2 aromatic rings. The summed E-state index contributed by atoms with van der Waals surface area (Å²) in [5, 5.41) is 6.39. The van der Waals surface area contributed by atoms with Crippen molar-refractivity contribution < 1.29 is 18.8 Å². The maximum atomic E-state index is 12.7. The molecule has 1 aromatic heterocycles. The molecule has 2 aliphatic heterocycles. The number of carbonyl (C=O) groups is 2. The second kappa shape index (κ2) is 7.31. The number of nitrogens with zero attached hydrogens (tertiary/aromatic N) is 3. The summed E-state index contributed by atoms with van der Waals surface area (Å²) in [6.45, 7) is 5.50. The summed E-state index contributed by atoms with van der Waals surface area (Å²) in [5.74, 6) is 1.66. The van der Waals surface area contributed by atoms with E-state index in [1.165, 1.54) is 0 Å². The number of thioether (sulfide) groups is 1. The Balaban J connectivity index is 1.39. The predicted molar refractivity (Wildman–Crippen MR) is 103 cm³/mol. The fourth-order valence-electron chi connectivity index (χ4n) is 3.17. The molecule has 0 bridgehead atoms. The summed E-state index contributed by atoms with van der Waals surface area (Å²) < 4.78 is 10.7. The summed E-state index contributed by atoms with van der Waals surface area (Å²) in [7, 11) is 0. The zero-order chi connectivity index (χ0) is 19.8. The van der Waals surface area contributed by atoms with Crippen LogP contribution in [0.1, 0.15) is 24.2 Å². The number of carbonyl (C=O) groups excluding carboxylic acids is 2. The van der Waals surface area contributed by atoms with Crippen LogP contribution in [0.3, 0.4) is 0 Å². The summed E-state index contributed by atoms with van der Waals surface area (Å²) in [6, 6.07) is 6.85. The smallest absolute Gasteiger partial charge is 0.274 e. The number of rotatable bonds is 5. The van der Waals surface area contributed by atoms with E-state index < -0.39 is 6.04 Å². The standard InChI is InChI=1S/C19H20N4O4S/c1-10-4-6-13(7-5-10)26-8-14(24)21-15-18(25)23-16(11(2)9-28-19(15)23)17-20-12(3)22-27-17/h4-7,15,19H,8-9H2,1-3H3,(H,21,24)/t15-,19-/m1/s1. The van der Waals surface area contributed by atoms with E-state index in [0.29, 0.717) is 23.2 Å². The van der Waals surface area contributed by atoms with E-state index in [9.17, 15) is 9.59 Å². The van der Waals surface area contributed by atoms with Crippen molar-refractivity contribution in [2.75, 3.05) is 12.4 Å². The Kier molecular flexibility index (Phi) is 4.84. The fourth-order valence-corrected chi connectivity index (χ4v) is 4.46. The van der Waals surface area contributed by atoms with Crippen LogP contribution in [0.4, 0.5) is 0 Å². The minimum Gasteiger partial charge on any atom is -0.484 e. The summed E-state index contributed by atoms with van der Waals surface area (Å²) in [4.78, 5) is 30.8. The molecule has 146 valence electrons. The lowest BCUT2D eigenvalue weighted by Gasteiger charge is -2.49. The number of β-lactam (4-membered cyclic amide) rings is 1. The molecule has 2 amide bonds. The molecule has 1 N–H and O–H groups in total. The molecule has 0 spiro atoms. The lowest BCUT2D eigenvalue weighted by atomic mass is 10.0. The molecule has 2 atom stereocenters. The first-order valence-electron chi connectivity index (χ1n) is 8.88. The van der Waals surface area contributed by atoms with Crippen LogP contribution < -0.4 is 10.1 Å². The second-order valence-corrected chi connectivity index (χ2v) is 7.94. The fraction of sp³-hybridized carbons (Fsp3) is 0.368.